The van der Waals surface area contributed by atoms with Gasteiger partial charge in [-0.15, -0.1) is 0 Å². The highest BCUT2D eigenvalue weighted by Gasteiger charge is 2.26. The van der Waals surface area contributed by atoms with Gasteiger partial charge in [0.05, 0.1) is 6.20 Å². The highest BCUT2D eigenvalue weighted by molar-refractivity contribution is 5.90. The molecule has 1 saturated heterocycles. The van der Waals surface area contributed by atoms with Gasteiger partial charge >= 0.3 is 0 Å². The van der Waals surface area contributed by atoms with Gasteiger partial charge in [0.1, 0.15) is 0 Å². The number of rotatable bonds is 6. The third-order valence-corrected chi connectivity index (χ3v) is 5.15. The van der Waals surface area contributed by atoms with E-state index >= 15 is 0 Å². The zero-order valence-electron chi connectivity index (χ0n) is 17.9. The van der Waals surface area contributed by atoms with Crippen molar-refractivity contribution in [3.63, 3.8) is 0 Å². The summed E-state index contributed by atoms with van der Waals surface area (Å²) in [5.41, 5.74) is 3.23. The summed E-state index contributed by atoms with van der Waals surface area (Å²) in [6, 6.07) is 7.97. The minimum absolute atomic E-state index is 0.0550. The number of anilines is 1. The van der Waals surface area contributed by atoms with Crippen molar-refractivity contribution < 1.29 is 4.79 Å². The van der Waals surface area contributed by atoms with Gasteiger partial charge in [0, 0.05) is 58.0 Å². The maximum absolute atomic E-state index is 12.0. The van der Waals surface area contributed by atoms with Gasteiger partial charge in [-0.1, -0.05) is 26.0 Å². The number of benzene rings is 1. The molecule has 0 aliphatic carbocycles. The SMILES string of the molecule is CN=C(NCc1cccc(NC(=O)CC(C)C)c1)N1CCC(c2cnn(C)c2)C1. The number of carbonyl (C=O) groups excluding carboxylic acids is 1. The lowest BCUT2D eigenvalue weighted by Crippen LogP contribution is -2.39. The van der Waals surface area contributed by atoms with Gasteiger partial charge in [0.15, 0.2) is 5.96 Å². The predicted molar refractivity (Wildman–Crippen MR) is 117 cm³/mol. The molecule has 3 rings (SSSR count). The van der Waals surface area contributed by atoms with E-state index in [1.165, 1.54) is 5.56 Å². The number of aliphatic imine (C=N–C) groups is 1. The van der Waals surface area contributed by atoms with Crippen LogP contribution in [0.15, 0.2) is 41.7 Å². The summed E-state index contributed by atoms with van der Waals surface area (Å²) in [5.74, 6) is 1.80. The average molecular weight is 397 g/mol. The number of hydrogen-bond acceptors (Lipinski definition) is 3. The topological polar surface area (TPSA) is 74.6 Å². The van der Waals surface area contributed by atoms with Gasteiger partial charge < -0.3 is 15.5 Å². The summed E-state index contributed by atoms with van der Waals surface area (Å²) in [6.07, 6.45) is 5.69. The van der Waals surface area contributed by atoms with E-state index in [0.29, 0.717) is 24.8 Å². The fourth-order valence-electron chi connectivity index (χ4n) is 3.73. The molecule has 1 amide bonds. The zero-order valence-corrected chi connectivity index (χ0v) is 17.9. The molecule has 1 aliphatic rings. The lowest BCUT2D eigenvalue weighted by molar-refractivity contribution is -0.116. The van der Waals surface area contributed by atoms with Crippen LogP contribution in [0.5, 0.6) is 0 Å². The Morgan fingerprint density at radius 1 is 1.38 bits per heavy atom. The van der Waals surface area contributed by atoms with Crippen LogP contribution in [0, 0.1) is 5.92 Å². The largest absolute Gasteiger partial charge is 0.352 e. The first-order chi connectivity index (χ1) is 13.9. The van der Waals surface area contributed by atoms with E-state index in [2.05, 4.69) is 37.9 Å². The second-order valence-electron chi connectivity index (χ2n) is 8.13. The third kappa shape index (κ3) is 5.82. The summed E-state index contributed by atoms with van der Waals surface area (Å²) < 4.78 is 1.86. The Balaban J connectivity index is 1.54. The first kappa shape index (κ1) is 20.9. The van der Waals surface area contributed by atoms with Gasteiger partial charge in [-0.25, -0.2) is 0 Å². The number of carbonyl (C=O) groups is 1. The molecule has 1 unspecified atom stereocenters. The molecule has 0 saturated carbocycles. The Kier molecular flexibility index (Phi) is 6.90. The number of guanidine groups is 1. The van der Waals surface area contributed by atoms with Crippen molar-refractivity contribution in [2.45, 2.75) is 39.2 Å². The molecule has 1 aromatic carbocycles. The van der Waals surface area contributed by atoms with E-state index in [1.54, 1.807) is 0 Å². The zero-order chi connectivity index (χ0) is 20.8. The van der Waals surface area contributed by atoms with Crippen LogP contribution < -0.4 is 10.6 Å². The quantitative estimate of drug-likeness (QED) is 0.582. The van der Waals surface area contributed by atoms with Crippen molar-refractivity contribution in [2.24, 2.45) is 18.0 Å². The smallest absolute Gasteiger partial charge is 0.224 e. The van der Waals surface area contributed by atoms with Crippen LogP contribution in [0.3, 0.4) is 0 Å². The molecular weight excluding hydrogens is 364 g/mol. The van der Waals surface area contributed by atoms with Crippen LogP contribution in [0.2, 0.25) is 0 Å². The Morgan fingerprint density at radius 3 is 2.90 bits per heavy atom. The first-order valence-corrected chi connectivity index (χ1v) is 10.3. The van der Waals surface area contributed by atoms with Crippen LogP contribution in [-0.2, 0) is 18.4 Å². The van der Waals surface area contributed by atoms with Crippen LogP contribution in [0.25, 0.3) is 0 Å². The molecule has 0 spiro atoms. The molecular formula is C22H32N6O. The molecule has 2 aromatic rings. The number of hydrogen-bond donors (Lipinski definition) is 2. The number of likely N-dealkylation sites (tertiary alicyclic amines) is 1. The molecule has 0 radical (unpaired) electrons. The summed E-state index contributed by atoms with van der Waals surface area (Å²) in [4.78, 5) is 18.8. The van der Waals surface area contributed by atoms with Gasteiger partial charge in [0.2, 0.25) is 5.91 Å². The van der Waals surface area contributed by atoms with Gasteiger partial charge in [0.25, 0.3) is 0 Å². The van der Waals surface area contributed by atoms with Crippen LogP contribution in [-0.4, -0.2) is 46.7 Å². The van der Waals surface area contributed by atoms with Crippen LogP contribution in [0.4, 0.5) is 5.69 Å². The molecule has 1 aromatic heterocycles. The van der Waals surface area contributed by atoms with Gasteiger partial charge in [-0.2, -0.15) is 5.10 Å². The van der Waals surface area contributed by atoms with Crippen molar-refractivity contribution in [3.05, 3.63) is 47.8 Å². The lowest BCUT2D eigenvalue weighted by atomic mass is 10.0. The van der Waals surface area contributed by atoms with E-state index in [-0.39, 0.29) is 5.91 Å². The Labute approximate surface area is 173 Å². The molecule has 1 aliphatic heterocycles. The number of aryl methyl sites for hydroxylation is 1. The van der Waals surface area contributed by atoms with Crippen molar-refractivity contribution in [3.8, 4) is 0 Å². The third-order valence-electron chi connectivity index (χ3n) is 5.15. The summed E-state index contributed by atoms with van der Waals surface area (Å²) in [7, 11) is 3.78. The van der Waals surface area contributed by atoms with E-state index < -0.39 is 0 Å². The van der Waals surface area contributed by atoms with Crippen molar-refractivity contribution in [1.82, 2.24) is 20.0 Å². The second-order valence-corrected chi connectivity index (χ2v) is 8.13. The molecule has 156 valence electrons. The second kappa shape index (κ2) is 9.58. The molecule has 7 heteroatoms. The standard InChI is InChI=1S/C22H32N6O/c1-16(2)10-21(29)26-20-7-5-6-17(11-20)12-24-22(23-3)28-9-8-18(15-28)19-13-25-27(4)14-19/h5-7,11,13-14,16,18H,8-10,12,15H2,1-4H3,(H,23,24)(H,26,29). The summed E-state index contributed by atoms with van der Waals surface area (Å²) >= 11 is 0. The number of aromatic nitrogens is 2. The van der Waals surface area contributed by atoms with E-state index in [4.69, 9.17) is 0 Å². The van der Waals surface area contributed by atoms with Crippen molar-refractivity contribution in [1.29, 1.82) is 0 Å². The normalized spacial score (nSPS) is 17.1. The van der Waals surface area contributed by atoms with Crippen molar-refractivity contribution >= 4 is 17.6 Å². The molecule has 2 N–H and O–H groups in total. The molecule has 1 atom stereocenters. The molecule has 1 fully saturated rings. The Hall–Kier alpha value is -2.83. The van der Waals surface area contributed by atoms with E-state index in [1.807, 2.05) is 57.0 Å². The van der Waals surface area contributed by atoms with E-state index in [9.17, 15) is 4.79 Å². The highest BCUT2D eigenvalue weighted by atomic mass is 16.1. The maximum atomic E-state index is 12.0. The van der Waals surface area contributed by atoms with E-state index in [0.717, 1.165) is 36.7 Å². The molecule has 2 heterocycles. The number of amides is 1. The number of nitrogens with one attached hydrogen (secondary N) is 2. The van der Waals surface area contributed by atoms with Gasteiger partial charge in [-0.05, 0) is 35.6 Å². The average Bonchev–Trinajstić information content (AvgIpc) is 3.31. The monoisotopic (exact) mass is 396 g/mol. The summed E-state index contributed by atoms with van der Waals surface area (Å²) in [5, 5.41) is 10.7. The van der Waals surface area contributed by atoms with Crippen LogP contribution >= 0.6 is 0 Å². The summed E-state index contributed by atoms with van der Waals surface area (Å²) in [6.45, 7) is 6.67. The minimum atomic E-state index is 0.0550. The lowest BCUT2D eigenvalue weighted by Gasteiger charge is -2.21. The molecule has 29 heavy (non-hydrogen) atoms. The predicted octanol–water partition coefficient (Wildman–Crippen LogP) is 2.97. The van der Waals surface area contributed by atoms with Crippen LogP contribution in [0.1, 0.15) is 43.7 Å². The fourth-order valence-corrected chi connectivity index (χ4v) is 3.73. The molecule has 7 nitrogen and oxygen atoms in total. The van der Waals surface area contributed by atoms with Crippen molar-refractivity contribution in [2.75, 3.05) is 25.5 Å². The Morgan fingerprint density at radius 2 is 2.21 bits per heavy atom. The maximum Gasteiger partial charge on any atom is 0.224 e. The molecule has 0 bridgehead atoms. The minimum Gasteiger partial charge on any atom is -0.352 e. The fraction of sp³-hybridized carbons (Fsp3) is 0.500. The van der Waals surface area contributed by atoms with Gasteiger partial charge in [-0.3, -0.25) is 14.5 Å². The first-order valence-electron chi connectivity index (χ1n) is 10.3. The highest BCUT2D eigenvalue weighted by Crippen LogP contribution is 2.26. The number of nitrogens with zero attached hydrogens (tertiary/aromatic N) is 4. The Bertz CT molecular complexity index is 856.